The maximum Gasteiger partial charge on any atom is 0.234 e. The maximum atomic E-state index is 11.9. The number of hydrogen-bond donors (Lipinski definition) is 3. The number of nitrogens with zero attached hydrogens (tertiary/aromatic N) is 3. The third-order valence-corrected chi connectivity index (χ3v) is 7.31. The molecule has 186 valence electrons. The molecule has 1 unspecified atom stereocenters. The fourth-order valence-corrected chi connectivity index (χ4v) is 5.43. The van der Waals surface area contributed by atoms with E-state index in [1.807, 2.05) is 7.05 Å². The van der Waals surface area contributed by atoms with Gasteiger partial charge in [0.1, 0.15) is 0 Å². The molecule has 0 aromatic rings. The van der Waals surface area contributed by atoms with Gasteiger partial charge in [0.05, 0.1) is 6.54 Å². The molecule has 0 aromatic carbocycles. The molecule has 3 N–H and O–H groups in total. The van der Waals surface area contributed by atoms with Crippen molar-refractivity contribution >= 4 is 35.8 Å². The summed E-state index contributed by atoms with van der Waals surface area (Å²) in [5, 5.41) is 10.2. The molecule has 1 atom stereocenters. The quantitative estimate of drug-likeness (QED) is 0.229. The number of guanidine groups is 1. The highest BCUT2D eigenvalue weighted by Gasteiger charge is 2.28. The van der Waals surface area contributed by atoms with Gasteiger partial charge in [-0.15, -0.1) is 24.0 Å². The van der Waals surface area contributed by atoms with Gasteiger partial charge in [0, 0.05) is 51.9 Å². The number of likely N-dealkylation sites (tertiary alicyclic amines) is 2. The molecular formula is C24H47IN6O. The lowest BCUT2D eigenvalue weighted by Gasteiger charge is -2.33. The van der Waals surface area contributed by atoms with Crippen molar-refractivity contribution in [3.05, 3.63) is 0 Å². The summed E-state index contributed by atoms with van der Waals surface area (Å²) in [6.07, 6.45) is 12.9. The first-order chi connectivity index (χ1) is 15.2. The van der Waals surface area contributed by atoms with Crippen molar-refractivity contribution in [2.24, 2.45) is 10.9 Å². The van der Waals surface area contributed by atoms with Crippen molar-refractivity contribution in [3.63, 3.8) is 0 Å². The molecule has 0 aromatic heterocycles. The third-order valence-electron chi connectivity index (χ3n) is 7.31. The predicted molar refractivity (Wildman–Crippen MR) is 144 cm³/mol. The van der Waals surface area contributed by atoms with Crippen LogP contribution in [0.2, 0.25) is 0 Å². The second-order valence-electron chi connectivity index (χ2n) is 9.79. The van der Waals surface area contributed by atoms with Crippen molar-refractivity contribution in [1.82, 2.24) is 25.8 Å². The first kappa shape index (κ1) is 27.6. The summed E-state index contributed by atoms with van der Waals surface area (Å²) >= 11 is 0. The zero-order valence-corrected chi connectivity index (χ0v) is 22.7. The van der Waals surface area contributed by atoms with Crippen molar-refractivity contribution in [2.75, 3.05) is 52.9 Å². The summed E-state index contributed by atoms with van der Waals surface area (Å²) in [7, 11) is 1.87. The van der Waals surface area contributed by atoms with Gasteiger partial charge in [0.15, 0.2) is 5.96 Å². The summed E-state index contributed by atoms with van der Waals surface area (Å²) in [4.78, 5) is 21.4. The second-order valence-corrected chi connectivity index (χ2v) is 9.79. The minimum absolute atomic E-state index is 0. The van der Waals surface area contributed by atoms with Crippen LogP contribution in [0.3, 0.4) is 0 Å². The van der Waals surface area contributed by atoms with Crippen molar-refractivity contribution in [3.8, 4) is 0 Å². The Hall–Kier alpha value is -0.610. The van der Waals surface area contributed by atoms with Gasteiger partial charge < -0.3 is 16.0 Å². The molecule has 2 saturated heterocycles. The number of carbonyl (C=O) groups excluding carboxylic acids is 1. The van der Waals surface area contributed by atoms with E-state index in [1.54, 1.807) is 0 Å². The van der Waals surface area contributed by atoms with Gasteiger partial charge in [-0.1, -0.05) is 26.2 Å². The molecule has 0 bridgehead atoms. The van der Waals surface area contributed by atoms with E-state index in [0.717, 1.165) is 57.3 Å². The molecule has 2 aliphatic heterocycles. The zero-order valence-electron chi connectivity index (χ0n) is 20.4. The standard InChI is InChI=1S/C24H46N6O.HI/c1-3-13-26-23(31)19-29-15-11-21(12-16-29)28-24(25-2)27-17-22-10-7-14-30(22)18-20-8-5-4-6-9-20;/h20-22H,3-19H2,1-2H3,(H,26,31)(H2,25,27,28);1H. The number of hydrogen-bond acceptors (Lipinski definition) is 4. The predicted octanol–water partition coefficient (Wildman–Crippen LogP) is 2.80. The van der Waals surface area contributed by atoms with E-state index in [4.69, 9.17) is 0 Å². The van der Waals surface area contributed by atoms with E-state index in [-0.39, 0.29) is 29.9 Å². The summed E-state index contributed by atoms with van der Waals surface area (Å²) in [5.41, 5.74) is 0. The molecule has 0 radical (unpaired) electrons. The molecule has 0 spiro atoms. The molecule has 1 amide bonds. The number of carbonyl (C=O) groups is 1. The van der Waals surface area contributed by atoms with E-state index < -0.39 is 0 Å². The van der Waals surface area contributed by atoms with Gasteiger partial charge in [-0.2, -0.15) is 0 Å². The SMILES string of the molecule is CCCNC(=O)CN1CCC(NC(=NC)NCC2CCCN2CC2CCCCC2)CC1.I. The van der Waals surface area contributed by atoms with Crippen LogP contribution < -0.4 is 16.0 Å². The highest BCUT2D eigenvalue weighted by Crippen LogP contribution is 2.27. The Labute approximate surface area is 212 Å². The van der Waals surface area contributed by atoms with Crippen molar-refractivity contribution in [2.45, 2.75) is 83.2 Å². The van der Waals surface area contributed by atoms with Crippen LogP contribution in [0, 0.1) is 5.92 Å². The van der Waals surface area contributed by atoms with Crippen LogP contribution in [0.1, 0.15) is 71.1 Å². The molecule has 1 aliphatic carbocycles. The fourth-order valence-electron chi connectivity index (χ4n) is 5.43. The highest BCUT2D eigenvalue weighted by molar-refractivity contribution is 14.0. The highest BCUT2D eigenvalue weighted by atomic mass is 127. The van der Waals surface area contributed by atoms with Crippen LogP contribution in [0.5, 0.6) is 0 Å². The number of piperidine rings is 1. The summed E-state index contributed by atoms with van der Waals surface area (Å²) in [6.45, 7) is 8.86. The topological polar surface area (TPSA) is 72.0 Å². The Morgan fingerprint density at radius 1 is 0.969 bits per heavy atom. The average Bonchev–Trinajstić information content (AvgIpc) is 3.24. The molecule has 32 heavy (non-hydrogen) atoms. The average molecular weight is 563 g/mol. The smallest absolute Gasteiger partial charge is 0.234 e. The number of nitrogens with one attached hydrogen (secondary N) is 3. The Bertz CT molecular complexity index is 561. The van der Waals surface area contributed by atoms with E-state index >= 15 is 0 Å². The Balaban J connectivity index is 0.00000363. The van der Waals surface area contributed by atoms with E-state index in [1.165, 1.54) is 58.0 Å². The largest absolute Gasteiger partial charge is 0.355 e. The number of amides is 1. The second kappa shape index (κ2) is 15.3. The van der Waals surface area contributed by atoms with Gasteiger partial charge in [0.25, 0.3) is 0 Å². The normalized spacial score (nSPS) is 24.2. The minimum Gasteiger partial charge on any atom is -0.355 e. The maximum absolute atomic E-state index is 11.9. The van der Waals surface area contributed by atoms with Gasteiger partial charge in [-0.3, -0.25) is 19.6 Å². The molecular weight excluding hydrogens is 515 g/mol. The molecule has 3 rings (SSSR count). The summed E-state index contributed by atoms with van der Waals surface area (Å²) in [5.74, 6) is 2.00. The zero-order chi connectivity index (χ0) is 21.9. The first-order valence-corrected chi connectivity index (χ1v) is 12.9. The van der Waals surface area contributed by atoms with E-state index in [0.29, 0.717) is 18.6 Å². The first-order valence-electron chi connectivity index (χ1n) is 12.9. The molecule has 7 nitrogen and oxygen atoms in total. The van der Waals surface area contributed by atoms with Crippen molar-refractivity contribution < 1.29 is 4.79 Å². The molecule has 3 fully saturated rings. The van der Waals surface area contributed by atoms with Crippen LogP contribution in [-0.4, -0.2) is 86.6 Å². The fraction of sp³-hybridized carbons (Fsp3) is 0.917. The van der Waals surface area contributed by atoms with Gasteiger partial charge in [-0.25, -0.2) is 0 Å². The third kappa shape index (κ3) is 9.33. The van der Waals surface area contributed by atoms with Crippen molar-refractivity contribution in [1.29, 1.82) is 0 Å². The van der Waals surface area contributed by atoms with Crippen LogP contribution in [-0.2, 0) is 4.79 Å². The van der Waals surface area contributed by atoms with E-state index in [9.17, 15) is 4.79 Å². The lowest BCUT2D eigenvalue weighted by Crippen LogP contribution is -2.52. The summed E-state index contributed by atoms with van der Waals surface area (Å²) in [6, 6.07) is 1.08. The van der Waals surface area contributed by atoms with Crippen LogP contribution in [0.4, 0.5) is 0 Å². The van der Waals surface area contributed by atoms with Crippen LogP contribution in [0.25, 0.3) is 0 Å². The number of aliphatic imine (C=N–C) groups is 1. The minimum atomic E-state index is 0. The van der Waals surface area contributed by atoms with Crippen LogP contribution in [0.15, 0.2) is 4.99 Å². The monoisotopic (exact) mass is 562 g/mol. The number of rotatable bonds is 9. The van der Waals surface area contributed by atoms with Crippen LogP contribution >= 0.6 is 24.0 Å². The lowest BCUT2D eigenvalue weighted by molar-refractivity contribution is -0.122. The molecule has 1 saturated carbocycles. The Kier molecular flexibility index (Phi) is 13.2. The van der Waals surface area contributed by atoms with E-state index in [2.05, 4.69) is 37.7 Å². The lowest BCUT2D eigenvalue weighted by atomic mass is 9.89. The molecule has 8 heteroatoms. The van der Waals surface area contributed by atoms with Gasteiger partial charge in [0.2, 0.25) is 5.91 Å². The Morgan fingerprint density at radius 3 is 2.41 bits per heavy atom. The molecule has 3 aliphatic rings. The van der Waals surface area contributed by atoms with Gasteiger partial charge in [-0.05, 0) is 57.4 Å². The Morgan fingerprint density at radius 2 is 1.72 bits per heavy atom. The molecule has 2 heterocycles. The van der Waals surface area contributed by atoms with Gasteiger partial charge >= 0.3 is 0 Å². The summed E-state index contributed by atoms with van der Waals surface area (Å²) < 4.78 is 0. The number of halogens is 1.